The molecule has 0 saturated heterocycles. The first-order valence-electron chi connectivity index (χ1n) is 7.19. The molecular formula is C17H18F2N2O3. The Balaban J connectivity index is 2.10. The third-order valence-electron chi connectivity index (χ3n) is 3.36. The summed E-state index contributed by atoms with van der Waals surface area (Å²) in [7, 11) is 3.03. The summed E-state index contributed by atoms with van der Waals surface area (Å²) in [5.74, 6) is -0.761. The number of nitrogens with one attached hydrogen (secondary N) is 2. The summed E-state index contributed by atoms with van der Waals surface area (Å²) in [6.45, 7) is 1.59. The zero-order chi connectivity index (χ0) is 17.7. The number of rotatable bonds is 6. The van der Waals surface area contributed by atoms with Crippen molar-refractivity contribution < 1.29 is 23.0 Å². The van der Waals surface area contributed by atoms with E-state index in [-0.39, 0.29) is 5.69 Å². The van der Waals surface area contributed by atoms with Crippen LogP contribution in [0.2, 0.25) is 0 Å². The highest BCUT2D eigenvalue weighted by atomic mass is 19.1. The number of methoxy groups -OCH3 is 2. The van der Waals surface area contributed by atoms with Crippen LogP contribution in [0.3, 0.4) is 0 Å². The van der Waals surface area contributed by atoms with Crippen molar-refractivity contribution in [1.29, 1.82) is 0 Å². The van der Waals surface area contributed by atoms with Gasteiger partial charge in [0.25, 0.3) is 0 Å². The second-order valence-corrected chi connectivity index (χ2v) is 5.05. The Morgan fingerprint density at radius 2 is 1.79 bits per heavy atom. The molecule has 128 valence electrons. The second-order valence-electron chi connectivity index (χ2n) is 5.05. The van der Waals surface area contributed by atoms with Crippen LogP contribution in [0, 0.1) is 11.6 Å². The molecule has 1 unspecified atom stereocenters. The summed E-state index contributed by atoms with van der Waals surface area (Å²) in [4.78, 5) is 12.2. The van der Waals surface area contributed by atoms with Crippen LogP contribution in [0.15, 0.2) is 36.4 Å². The molecule has 24 heavy (non-hydrogen) atoms. The lowest BCUT2D eigenvalue weighted by atomic mass is 10.2. The monoisotopic (exact) mass is 336 g/mol. The minimum Gasteiger partial charge on any atom is -0.497 e. The van der Waals surface area contributed by atoms with Crippen molar-refractivity contribution in [3.63, 3.8) is 0 Å². The van der Waals surface area contributed by atoms with Crippen molar-refractivity contribution in [2.75, 3.05) is 24.9 Å². The third-order valence-corrected chi connectivity index (χ3v) is 3.36. The molecule has 2 aromatic rings. The molecule has 5 nitrogen and oxygen atoms in total. The van der Waals surface area contributed by atoms with Crippen molar-refractivity contribution in [3.8, 4) is 11.5 Å². The van der Waals surface area contributed by atoms with Crippen molar-refractivity contribution >= 4 is 17.3 Å². The van der Waals surface area contributed by atoms with Gasteiger partial charge < -0.3 is 20.1 Å². The molecule has 0 aliphatic carbocycles. The summed E-state index contributed by atoms with van der Waals surface area (Å²) in [6.07, 6.45) is 0. The Kier molecular flexibility index (Phi) is 5.57. The van der Waals surface area contributed by atoms with E-state index in [9.17, 15) is 13.6 Å². The number of benzene rings is 2. The maximum absolute atomic E-state index is 13.6. The average Bonchev–Trinajstić information content (AvgIpc) is 2.58. The number of ether oxygens (including phenoxy) is 2. The first-order chi connectivity index (χ1) is 11.4. The van der Waals surface area contributed by atoms with Crippen molar-refractivity contribution in [2.45, 2.75) is 13.0 Å². The van der Waals surface area contributed by atoms with Gasteiger partial charge in [-0.25, -0.2) is 8.78 Å². The number of halogens is 2. The van der Waals surface area contributed by atoms with Crippen LogP contribution in [0.4, 0.5) is 20.2 Å². The van der Waals surface area contributed by atoms with Crippen molar-refractivity contribution in [3.05, 3.63) is 48.0 Å². The van der Waals surface area contributed by atoms with Crippen molar-refractivity contribution in [1.82, 2.24) is 0 Å². The molecule has 2 N–H and O–H groups in total. The molecule has 1 atom stereocenters. The molecule has 0 spiro atoms. The smallest absolute Gasteiger partial charge is 0.246 e. The summed E-state index contributed by atoms with van der Waals surface area (Å²) in [5.41, 5.74) is 0.357. The Morgan fingerprint density at radius 1 is 1.04 bits per heavy atom. The SMILES string of the molecule is COc1ccc(NC(C)C(=O)Nc2cc(F)ccc2F)c(OC)c1. The van der Waals surface area contributed by atoms with E-state index in [1.54, 1.807) is 25.1 Å². The molecule has 0 saturated carbocycles. The lowest BCUT2D eigenvalue weighted by Crippen LogP contribution is -2.32. The fourth-order valence-electron chi connectivity index (χ4n) is 2.05. The van der Waals surface area contributed by atoms with Gasteiger partial charge >= 0.3 is 0 Å². The summed E-state index contributed by atoms with van der Waals surface area (Å²) in [6, 6.07) is 7.22. The Morgan fingerprint density at radius 3 is 2.46 bits per heavy atom. The fraction of sp³-hybridized carbons (Fsp3) is 0.235. The molecule has 0 aliphatic heterocycles. The van der Waals surface area contributed by atoms with Gasteiger partial charge in [0.1, 0.15) is 29.2 Å². The lowest BCUT2D eigenvalue weighted by molar-refractivity contribution is -0.116. The highest BCUT2D eigenvalue weighted by molar-refractivity contribution is 5.96. The van der Waals surface area contributed by atoms with E-state index < -0.39 is 23.6 Å². The molecule has 2 aromatic carbocycles. The van der Waals surface area contributed by atoms with Gasteiger partial charge in [0.2, 0.25) is 5.91 Å². The molecule has 0 aromatic heterocycles. The molecule has 0 aliphatic rings. The quantitative estimate of drug-likeness (QED) is 0.849. The average molecular weight is 336 g/mol. The molecule has 0 heterocycles. The van der Waals surface area contributed by atoms with Gasteiger partial charge in [0.15, 0.2) is 0 Å². The molecule has 0 radical (unpaired) electrons. The summed E-state index contributed by atoms with van der Waals surface area (Å²) >= 11 is 0. The number of anilines is 2. The standard InChI is InChI=1S/C17H18F2N2O3/c1-10(17(22)21-15-8-11(18)4-6-13(15)19)20-14-7-5-12(23-2)9-16(14)24-3/h4-10,20H,1-3H3,(H,21,22). The van der Waals surface area contributed by atoms with Crippen LogP contribution in [-0.4, -0.2) is 26.2 Å². The number of carbonyl (C=O) groups is 1. The van der Waals surface area contributed by atoms with Gasteiger partial charge in [-0.05, 0) is 31.2 Å². The van der Waals surface area contributed by atoms with E-state index in [4.69, 9.17) is 9.47 Å². The van der Waals surface area contributed by atoms with E-state index in [0.29, 0.717) is 17.2 Å². The van der Waals surface area contributed by atoms with Crippen LogP contribution in [0.5, 0.6) is 11.5 Å². The number of amides is 1. The van der Waals surface area contributed by atoms with E-state index in [2.05, 4.69) is 10.6 Å². The maximum atomic E-state index is 13.6. The minimum atomic E-state index is -0.713. The van der Waals surface area contributed by atoms with Crippen LogP contribution in [-0.2, 0) is 4.79 Å². The summed E-state index contributed by atoms with van der Waals surface area (Å²) in [5, 5.41) is 5.31. The first kappa shape index (κ1) is 17.5. The van der Waals surface area contributed by atoms with Gasteiger partial charge in [0, 0.05) is 12.1 Å². The topological polar surface area (TPSA) is 59.6 Å². The summed E-state index contributed by atoms with van der Waals surface area (Å²) < 4.78 is 37.1. The van der Waals surface area contributed by atoms with Gasteiger partial charge in [-0.15, -0.1) is 0 Å². The maximum Gasteiger partial charge on any atom is 0.246 e. The Bertz CT molecular complexity index is 738. The van der Waals surface area contributed by atoms with E-state index in [1.807, 2.05) is 0 Å². The van der Waals surface area contributed by atoms with Gasteiger partial charge in [0.05, 0.1) is 25.6 Å². The molecular weight excluding hydrogens is 318 g/mol. The zero-order valence-corrected chi connectivity index (χ0v) is 13.5. The van der Waals surface area contributed by atoms with E-state index in [0.717, 1.165) is 18.2 Å². The van der Waals surface area contributed by atoms with Crippen LogP contribution < -0.4 is 20.1 Å². The highest BCUT2D eigenvalue weighted by Crippen LogP contribution is 2.29. The molecule has 7 heteroatoms. The molecule has 0 fully saturated rings. The van der Waals surface area contributed by atoms with Crippen molar-refractivity contribution in [2.24, 2.45) is 0 Å². The zero-order valence-electron chi connectivity index (χ0n) is 13.5. The fourth-order valence-corrected chi connectivity index (χ4v) is 2.05. The Labute approximate surface area is 138 Å². The predicted octanol–water partition coefficient (Wildman–Crippen LogP) is 3.42. The normalized spacial score (nSPS) is 11.5. The minimum absolute atomic E-state index is 0.213. The van der Waals surface area contributed by atoms with E-state index >= 15 is 0 Å². The molecule has 2 rings (SSSR count). The number of hydrogen-bond acceptors (Lipinski definition) is 4. The largest absolute Gasteiger partial charge is 0.497 e. The van der Waals surface area contributed by atoms with Gasteiger partial charge in [-0.2, -0.15) is 0 Å². The van der Waals surface area contributed by atoms with Crippen LogP contribution in [0.1, 0.15) is 6.92 Å². The molecule has 1 amide bonds. The lowest BCUT2D eigenvalue weighted by Gasteiger charge is -2.18. The van der Waals surface area contributed by atoms with Crippen LogP contribution in [0.25, 0.3) is 0 Å². The third kappa shape index (κ3) is 4.13. The Hall–Kier alpha value is -2.83. The van der Waals surface area contributed by atoms with Gasteiger partial charge in [-0.1, -0.05) is 0 Å². The highest BCUT2D eigenvalue weighted by Gasteiger charge is 2.17. The van der Waals surface area contributed by atoms with E-state index in [1.165, 1.54) is 14.2 Å². The molecule has 0 bridgehead atoms. The van der Waals surface area contributed by atoms with Gasteiger partial charge in [-0.3, -0.25) is 4.79 Å². The van der Waals surface area contributed by atoms with Crippen LogP contribution >= 0.6 is 0 Å². The number of hydrogen-bond donors (Lipinski definition) is 2. The first-order valence-corrected chi connectivity index (χ1v) is 7.19. The number of carbonyl (C=O) groups excluding carboxylic acids is 1. The predicted molar refractivity (Wildman–Crippen MR) is 87.6 cm³/mol. The second kappa shape index (κ2) is 7.63.